The molecule has 31 heavy (non-hydrogen) atoms. The molecule has 3 aromatic carbocycles. The van der Waals surface area contributed by atoms with Gasteiger partial charge in [0.15, 0.2) is 11.5 Å². The molecule has 2 heterocycles. The maximum absolute atomic E-state index is 10.5. The van der Waals surface area contributed by atoms with Crippen LogP contribution < -0.4 is 14.4 Å². The first-order chi connectivity index (χ1) is 15.2. The molecule has 0 bridgehead atoms. The fourth-order valence-corrected chi connectivity index (χ4v) is 4.97. The van der Waals surface area contributed by atoms with Gasteiger partial charge in [-0.25, -0.2) is 0 Å². The highest BCUT2D eigenvalue weighted by molar-refractivity contribution is 5.62. The number of hydrogen-bond donors (Lipinski definition) is 0. The van der Waals surface area contributed by atoms with E-state index in [4.69, 9.17) is 9.47 Å². The second-order valence-electron chi connectivity index (χ2n) is 8.42. The van der Waals surface area contributed by atoms with Crippen molar-refractivity contribution in [2.45, 2.75) is 44.2 Å². The summed E-state index contributed by atoms with van der Waals surface area (Å²) in [6.45, 7) is 2.49. The highest BCUT2D eigenvalue weighted by Gasteiger charge is 2.43. The molecule has 4 heteroatoms. The van der Waals surface area contributed by atoms with E-state index in [0.29, 0.717) is 0 Å². The summed E-state index contributed by atoms with van der Waals surface area (Å²) >= 11 is 0. The maximum Gasteiger partial charge on any atom is 0.231 e. The predicted molar refractivity (Wildman–Crippen MR) is 121 cm³/mol. The molecule has 2 aliphatic heterocycles. The van der Waals surface area contributed by atoms with Crippen LogP contribution in [0.4, 0.5) is 5.69 Å². The van der Waals surface area contributed by atoms with E-state index in [9.17, 15) is 5.26 Å². The number of ether oxygens (including phenoxy) is 2. The SMILES string of the molecule is C[C@@H](c1ccccc1)N1c2ccccc2CC[C@@]1(C#N)CCc1ccc2c(c1)OCO2. The Labute approximate surface area is 183 Å². The third-order valence-corrected chi connectivity index (χ3v) is 6.66. The Hall–Kier alpha value is -3.45. The van der Waals surface area contributed by atoms with Gasteiger partial charge in [0.1, 0.15) is 5.54 Å². The summed E-state index contributed by atoms with van der Waals surface area (Å²) in [6.07, 6.45) is 3.31. The summed E-state index contributed by atoms with van der Waals surface area (Å²) in [6, 6.07) is 28.0. The predicted octanol–water partition coefficient (Wildman–Crippen LogP) is 5.82. The first-order valence-electron chi connectivity index (χ1n) is 10.9. The Kier molecular flexibility index (Phi) is 5.03. The number of rotatable bonds is 5. The van der Waals surface area contributed by atoms with Gasteiger partial charge in [0, 0.05) is 5.69 Å². The van der Waals surface area contributed by atoms with Crippen LogP contribution in [0.3, 0.4) is 0 Å². The van der Waals surface area contributed by atoms with Crippen molar-refractivity contribution in [3.63, 3.8) is 0 Å². The van der Waals surface area contributed by atoms with Gasteiger partial charge in [0.25, 0.3) is 0 Å². The minimum Gasteiger partial charge on any atom is -0.454 e. The number of hydrogen-bond acceptors (Lipinski definition) is 4. The zero-order valence-corrected chi connectivity index (χ0v) is 17.8. The molecule has 2 atom stereocenters. The zero-order chi connectivity index (χ0) is 21.3. The van der Waals surface area contributed by atoms with Crippen LogP contribution in [0.5, 0.6) is 11.5 Å². The molecule has 156 valence electrons. The average Bonchev–Trinajstić information content (AvgIpc) is 3.30. The van der Waals surface area contributed by atoms with Crippen molar-refractivity contribution in [2.75, 3.05) is 11.7 Å². The molecule has 0 saturated heterocycles. The van der Waals surface area contributed by atoms with Crippen LogP contribution in [0.1, 0.15) is 42.5 Å². The minimum absolute atomic E-state index is 0.0963. The third kappa shape index (κ3) is 3.51. The normalized spacial score (nSPS) is 20.1. The lowest BCUT2D eigenvalue weighted by molar-refractivity contribution is 0.174. The Morgan fingerprint density at radius 2 is 1.77 bits per heavy atom. The summed E-state index contributed by atoms with van der Waals surface area (Å²) in [5.74, 6) is 1.59. The second kappa shape index (κ2) is 8.00. The Balaban J connectivity index is 1.50. The fourth-order valence-electron chi connectivity index (χ4n) is 4.97. The zero-order valence-electron chi connectivity index (χ0n) is 17.8. The van der Waals surface area contributed by atoms with Crippen LogP contribution in [-0.2, 0) is 12.8 Å². The number of para-hydroxylation sites is 1. The van der Waals surface area contributed by atoms with Crippen LogP contribution >= 0.6 is 0 Å². The Bertz CT molecular complexity index is 1120. The van der Waals surface area contributed by atoms with Crippen molar-refractivity contribution in [3.8, 4) is 17.6 Å². The molecule has 0 spiro atoms. The van der Waals surface area contributed by atoms with Crippen molar-refractivity contribution in [3.05, 3.63) is 89.5 Å². The molecule has 0 aromatic heterocycles. The van der Waals surface area contributed by atoms with Crippen molar-refractivity contribution in [1.82, 2.24) is 0 Å². The molecule has 0 aliphatic carbocycles. The molecule has 0 N–H and O–H groups in total. The number of nitrogens with zero attached hydrogens (tertiary/aromatic N) is 2. The average molecular weight is 411 g/mol. The summed E-state index contributed by atoms with van der Waals surface area (Å²) in [7, 11) is 0. The summed E-state index contributed by atoms with van der Waals surface area (Å²) < 4.78 is 11.0. The van der Waals surface area contributed by atoms with Crippen LogP contribution in [-0.4, -0.2) is 12.3 Å². The highest BCUT2D eigenvalue weighted by atomic mass is 16.7. The standard InChI is InChI=1S/C27H26N2O2/c1-20(22-7-3-2-4-8-22)29-24-10-6-5-9-23(24)14-16-27(29,18-28)15-13-21-11-12-25-26(17-21)31-19-30-25/h2-12,17,20H,13-16,19H2,1H3/t20-,27+/m0/s1. The first kappa shape index (κ1) is 19.5. The van der Waals surface area contributed by atoms with Crippen LogP contribution in [0.2, 0.25) is 0 Å². The number of nitriles is 1. The van der Waals surface area contributed by atoms with Crippen LogP contribution in [0, 0.1) is 11.3 Å². The second-order valence-corrected chi connectivity index (χ2v) is 8.42. The lowest BCUT2D eigenvalue weighted by Gasteiger charge is -2.48. The Morgan fingerprint density at radius 1 is 1.00 bits per heavy atom. The van der Waals surface area contributed by atoms with Gasteiger partial charge in [-0.2, -0.15) is 5.26 Å². The van der Waals surface area contributed by atoms with E-state index in [-0.39, 0.29) is 12.8 Å². The smallest absolute Gasteiger partial charge is 0.231 e. The number of fused-ring (bicyclic) bond motifs is 2. The molecule has 4 nitrogen and oxygen atoms in total. The van der Waals surface area contributed by atoms with E-state index >= 15 is 0 Å². The minimum atomic E-state index is -0.569. The van der Waals surface area contributed by atoms with Gasteiger partial charge in [-0.05, 0) is 67.5 Å². The van der Waals surface area contributed by atoms with Gasteiger partial charge in [-0.1, -0.05) is 54.6 Å². The van der Waals surface area contributed by atoms with E-state index in [1.807, 2.05) is 12.1 Å². The molecule has 3 aromatic rings. The van der Waals surface area contributed by atoms with Gasteiger partial charge in [0.05, 0.1) is 12.1 Å². The van der Waals surface area contributed by atoms with E-state index in [1.54, 1.807) is 0 Å². The molecule has 5 rings (SSSR count). The lowest BCUT2D eigenvalue weighted by Crippen LogP contribution is -2.52. The molecular formula is C27H26N2O2. The molecule has 0 radical (unpaired) electrons. The summed E-state index contributed by atoms with van der Waals surface area (Å²) in [5, 5.41) is 10.5. The van der Waals surface area contributed by atoms with Crippen molar-refractivity contribution < 1.29 is 9.47 Å². The molecule has 0 saturated carbocycles. The van der Waals surface area contributed by atoms with E-state index in [2.05, 4.69) is 78.6 Å². The van der Waals surface area contributed by atoms with Gasteiger partial charge in [-0.15, -0.1) is 0 Å². The Morgan fingerprint density at radius 3 is 2.61 bits per heavy atom. The highest BCUT2D eigenvalue weighted by Crippen LogP contribution is 2.44. The van der Waals surface area contributed by atoms with Crippen LogP contribution in [0.25, 0.3) is 0 Å². The van der Waals surface area contributed by atoms with E-state index in [0.717, 1.165) is 37.2 Å². The van der Waals surface area contributed by atoms with Gasteiger partial charge < -0.3 is 14.4 Å². The molecular weight excluding hydrogens is 384 g/mol. The number of anilines is 1. The van der Waals surface area contributed by atoms with E-state index < -0.39 is 5.54 Å². The van der Waals surface area contributed by atoms with Gasteiger partial charge in [-0.3, -0.25) is 0 Å². The molecule has 0 fully saturated rings. The topological polar surface area (TPSA) is 45.5 Å². The van der Waals surface area contributed by atoms with E-state index in [1.165, 1.54) is 22.4 Å². The third-order valence-electron chi connectivity index (χ3n) is 6.66. The van der Waals surface area contributed by atoms with Crippen LogP contribution in [0.15, 0.2) is 72.8 Å². The number of aryl methyl sites for hydroxylation is 2. The number of benzene rings is 3. The quantitative estimate of drug-likeness (QED) is 0.531. The maximum atomic E-state index is 10.5. The van der Waals surface area contributed by atoms with Crippen molar-refractivity contribution in [1.29, 1.82) is 5.26 Å². The summed E-state index contributed by atoms with van der Waals surface area (Å²) in [5.41, 5.74) is 4.32. The molecule has 0 unspecified atom stereocenters. The monoisotopic (exact) mass is 410 g/mol. The van der Waals surface area contributed by atoms with Crippen molar-refractivity contribution in [2.24, 2.45) is 0 Å². The molecule has 0 amide bonds. The lowest BCUT2D eigenvalue weighted by atomic mass is 9.79. The summed E-state index contributed by atoms with van der Waals surface area (Å²) in [4.78, 5) is 2.37. The largest absolute Gasteiger partial charge is 0.454 e. The molecule has 2 aliphatic rings. The fraction of sp³-hybridized carbons (Fsp3) is 0.296. The first-order valence-corrected chi connectivity index (χ1v) is 10.9. The van der Waals surface area contributed by atoms with Gasteiger partial charge >= 0.3 is 0 Å². The van der Waals surface area contributed by atoms with Gasteiger partial charge in [0.2, 0.25) is 6.79 Å². The van der Waals surface area contributed by atoms with Crippen molar-refractivity contribution >= 4 is 5.69 Å².